The molecule has 0 amide bonds. The Morgan fingerprint density at radius 2 is 1.96 bits per heavy atom. The number of halogens is 1. The molecule has 0 fully saturated rings. The molecule has 1 heterocycles. The third kappa shape index (κ3) is 5.80. The number of aliphatic hydroxyl groups is 1. The molecule has 3 N–H and O–H groups in total. The number of guanidine groups is 1. The van der Waals surface area contributed by atoms with Gasteiger partial charge in [0.2, 0.25) is 0 Å². The Labute approximate surface area is 176 Å². The second kappa shape index (κ2) is 9.34. The monoisotopic (exact) mass is 511 g/mol. The summed E-state index contributed by atoms with van der Waals surface area (Å²) in [6.45, 7) is 3.83. The van der Waals surface area contributed by atoms with Gasteiger partial charge < -0.3 is 15.7 Å². The van der Waals surface area contributed by atoms with Gasteiger partial charge in [-0.25, -0.2) is 8.42 Å². The minimum atomic E-state index is -3.19. The van der Waals surface area contributed by atoms with E-state index >= 15 is 0 Å². The van der Waals surface area contributed by atoms with Crippen LogP contribution in [0.15, 0.2) is 35.3 Å². The zero-order valence-electron chi connectivity index (χ0n) is 15.3. The summed E-state index contributed by atoms with van der Waals surface area (Å²) in [5, 5.41) is 17.5. The highest BCUT2D eigenvalue weighted by atomic mass is 127. The van der Waals surface area contributed by atoms with Gasteiger partial charge in [-0.05, 0) is 31.4 Å². The van der Waals surface area contributed by atoms with Crippen molar-refractivity contribution >= 4 is 61.2 Å². The van der Waals surface area contributed by atoms with E-state index in [9.17, 15) is 13.5 Å². The number of aliphatic imine (C=N–C) groups is 1. The molecule has 1 aromatic carbocycles. The van der Waals surface area contributed by atoms with Crippen LogP contribution in [-0.4, -0.2) is 50.6 Å². The lowest BCUT2D eigenvalue weighted by Crippen LogP contribution is -2.48. The second-order valence-corrected chi connectivity index (χ2v) is 10.3. The van der Waals surface area contributed by atoms with E-state index in [0.29, 0.717) is 5.96 Å². The van der Waals surface area contributed by atoms with Crippen molar-refractivity contribution in [1.82, 2.24) is 10.6 Å². The predicted molar refractivity (Wildman–Crippen MR) is 120 cm³/mol. The molecule has 0 aliphatic heterocycles. The minimum Gasteiger partial charge on any atom is -0.386 e. The number of sulfone groups is 1. The third-order valence-corrected chi connectivity index (χ3v) is 7.51. The van der Waals surface area contributed by atoms with E-state index in [1.54, 1.807) is 32.2 Å². The summed E-state index contributed by atoms with van der Waals surface area (Å²) in [4.78, 5) is 4.95. The van der Waals surface area contributed by atoms with Gasteiger partial charge >= 0.3 is 0 Å². The van der Waals surface area contributed by atoms with Crippen LogP contribution in [0, 0.1) is 0 Å². The number of hydrogen-bond donors (Lipinski definition) is 3. The van der Waals surface area contributed by atoms with Gasteiger partial charge in [-0.1, -0.05) is 18.2 Å². The van der Waals surface area contributed by atoms with Gasteiger partial charge in [0, 0.05) is 36.0 Å². The van der Waals surface area contributed by atoms with Crippen LogP contribution in [-0.2, 0) is 9.84 Å². The summed E-state index contributed by atoms with van der Waals surface area (Å²) >= 11 is 1.56. The van der Waals surface area contributed by atoms with Gasteiger partial charge in [-0.3, -0.25) is 4.99 Å². The number of nitrogens with one attached hydrogen (secondary N) is 2. The van der Waals surface area contributed by atoms with Crippen molar-refractivity contribution in [3.8, 4) is 0 Å². The lowest BCUT2D eigenvalue weighted by atomic mass is 10.2. The molecule has 1 atom stereocenters. The van der Waals surface area contributed by atoms with Crippen LogP contribution in [0.2, 0.25) is 0 Å². The molecule has 9 heteroatoms. The van der Waals surface area contributed by atoms with E-state index in [2.05, 4.69) is 15.6 Å². The number of rotatable bonds is 6. The van der Waals surface area contributed by atoms with Crippen LogP contribution in [0.5, 0.6) is 0 Å². The first kappa shape index (κ1) is 23.1. The molecule has 0 radical (unpaired) electrons. The molecule has 146 valence electrons. The van der Waals surface area contributed by atoms with Crippen LogP contribution >= 0.6 is 35.3 Å². The lowest BCUT2D eigenvalue weighted by Gasteiger charge is -2.24. The molecule has 2 aromatic rings. The summed E-state index contributed by atoms with van der Waals surface area (Å²) in [5.41, 5.74) is 0. The van der Waals surface area contributed by atoms with Crippen LogP contribution < -0.4 is 10.6 Å². The number of thiophene rings is 1. The van der Waals surface area contributed by atoms with Crippen molar-refractivity contribution < 1.29 is 13.5 Å². The minimum absolute atomic E-state index is 0. The van der Waals surface area contributed by atoms with Crippen molar-refractivity contribution in [2.75, 3.05) is 26.4 Å². The molecule has 6 nitrogen and oxygen atoms in total. The van der Waals surface area contributed by atoms with Crippen molar-refractivity contribution in [3.63, 3.8) is 0 Å². The van der Waals surface area contributed by atoms with Crippen molar-refractivity contribution in [2.45, 2.75) is 24.7 Å². The van der Waals surface area contributed by atoms with E-state index in [1.165, 1.54) is 6.26 Å². The van der Waals surface area contributed by atoms with Gasteiger partial charge in [0.25, 0.3) is 0 Å². The smallest absolute Gasteiger partial charge is 0.191 e. The summed E-state index contributed by atoms with van der Waals surface area (Å²) in [7, 11) is -1.58. The fourth-order valence-corrected chi connectivity index (χ4v) is 3.49. The van der Waals surface area contributed by atoms with Gasteiger partial charge in [0.05, 0.1) is 4.75 Å². The fraction of sp³-hybridized carbons (Fsp3) is 0.471. The highest BCUT2D eigenvalue weighted by Crippen LogP contribution is 2.29. The first-order chi connectivity index (χ1) is 11.6. The maximum Gasteiger partial charge on any atom is 0.191 e. The predicted octanol–water partition coefficient (Wildman–Crippen LogP) is 2.54. The van der Waals surface area contributed by atoms with E-state index in [-0.39, 0.29) is 37.1 Å². The summed E-state index contributed by atoms with van der Waals surface area (Å²) in [5.74, 6) is 0.455. The van der Waals surface area contributed by atoms with Crippen LogP contribution in [0.1, 0.15) is 24.8 Å². The van der Waals surface area contributed by atoms with E-state index in [0.717, 1.165) is 15.0 Å². The molecule has 0 aliphatic carbocycles. The normalized spacial score (nSPS) is 14.0. The topological polar surface area (TPSA) is 90.8 Å². The highest BCUT2D eigenvalue weighted by molar-refractivity contribution is 14.0. The first-order valence-corrected chi connectivity index (χ1v) is 10.7. The summed E-state index contributed by atoms with van der Waals surface area (Å²) < 4.78 is 23.7. The maximum atomic E-state index is 11.8. The van der Waals surface area contributed by atoms with Crippen LogP contribution in [0.25, 0.3) is 10.1 Å². The van der Waals surface area contributed by atoms with Crippen molar-refractivity contribution in [2.24, 2.45) is 4.99 Å². The molecule has 2 rings (SSSR count). The molecule has 0 aliphatic rings. The van der Waals surface area contributed by atoms with Gasteiger partial charge in [-0.2, -0.15) is 0 Å². The number of nitrogens with zero attached hydrogens (tertiary/aromatic N) is 1. The van der Waals surface area contributed by atoms with Crippen LogP contribution in [0.4, 0.5) is 0 Å². The molecular weight excluding hydrogens is 485 g/mol. The molecular formula is C17H26IN3O3S2. The molecule has 0 saturated carbocycles. The average Bonchev–Trinajstić information content (AvgIpc) is 2.97. The van der Waals surface area contributed by atoms with Crippen molar-refractivity contribution in [1.29, 1.82) is 0 Å². The summed E-state index contributed by atoms with van der Waals surface area (Å²) in [6.07, 6.45) is 0.551. The SMILES string of the molecule is CN=C(NCC(O)c1cc2ccccc2s1)NCC(C)(C)S(C)(=O)=O.I. The standard InChI is InChI=1S/C17H25N3O3S2.HI/c1-17(2,25(4,22)23)11-20-16(18-3)19-10-13(21)15-9-12-7-5-6-8-14(12)24-15;/h5-9,13,21H,10-11H2,1-4H3,(H2,18,19,20);1H. The third-order valence-electron chi connectivity index (χ3n) is 4.14. The number of benzene rings is 1. The zero-order chi connectivity index (χ0) is 18.7. The maximum absolute atomic E-state index is 11.8. The Kier molecular flexibility index (Phi) is 8.31. The Hall–Kier alpha value is -0.910. The molecule has 1 aromatic heterocycles. The Morgan fingerprint density at radius 1 is 1.31 bits per heavy atom. The van der Waals surface area contributed by atoms with Gasteiger partial charge in [0.15, 0.2) is 15.8 Å². The molecule has 0 saturated heterocycles. The van der Waals surface area contributed by atoms with Gasteiger partial charge in [0.1, 0.15) is 6.10 Å². The van der Waals surface area contributed by atoms with Crippen molar-refractivity contribution in [3.05, 3.63) is 35.2 Å². The number of aliphatic hydroxyl groups excluding tert-OH is 1. The first-order valence-electron chi connectivity index (χ1n) is 7.95. The Morgan fingerprint density at radius 3 is 2.54 bits per heavy atom. The highest BCUT2D eigenvalue weighted by Gasteiger charge is 2.30. The molecule has 26 heavy (non-hydrogen) atoms. The van der Waals surface area contributed by atoms with E-state index < -0.39 is 20.7 Å². The lowest BCUT2D eigenvalue weighted by molar-refractivity contribution is 0.184. The number of fused-ring (bicyclic) bond motifs is 1. The van der Waals surface area contributed by atoms with Gasteiger partial charge in [-0.15, -0.1) is 35.3 Å². The van der Waals surface area contributed by atoms with E-state index in [1.807, 2.05) is 30.3 Å². The number of hydrogen-bond acceptors (Lipinski definition) is 5. The average molecular weight is 511 g/mol. The molecule has 1 unspecified atom stereocenters. The fourth-order valence-electron chi connectivity index (χ4n) is 2.11. The molecule has 0 bridgehead atoms. The van der Waals surface area contributed by atoms with E-state index in [4.69, 9.17) is 0 Å². The summed E-state index contributed by atoms with van der Waals surface area (Å²) in [6, 6.07) is 9.97. The van der Waals surface area contributed by atoms with Crippen LogP contribution in [0.3, 0.4) is 0 Å². The zero-order valence-corrected chi connectivity index (χ0v) is 19.3. The Balaban J connectivity index is 0.00000338. The second-order valence-electron chi connectivity index (χ2n) is 6.54. The Bertz CT molecular complexity index is 830. The molecule has 0 spiro atoms. The largest absolute Gasteiger partial charge is 0.386 e. The quantitative estimate of drug-likeness (QED) is 0.315.